The molecule has 0 fully saturated rings. The number of benzodiazepines with no additional fused rings is 1. The largest absolute Gasteiger partial charge is 0.461 e. The van der Waals surface area contributed by atoms with Crippen LogP contribution in [0.15, 0.2) is 82.4 Å². The number of carbonyl (C=O) groups is 2. The Morgan fingerprint density at radius 2 is 1.87 bits per heavy atom. The van der Waals surface area contributed by atoms with Crippen LogP contribution in [0.3, 0.4) is 0 Å². The van der Waals surface area contributed by atoms with E-state index in [1.807, 2.05) is 66.7 Å². The number of rotatable bonds is 6. The third kappa shape index (κ3) is 5.24. The van der Waals surface area contributed by atoms with Crippen LogP contribution in [-0.2, 0) is 20.9 Å². The average Bonchev–Trinajstić information content (AvgIpc) is 2.93. The molecule has 0 unspecified atom stereocenters. The normalized spacial score (nSPS) is 15.3. The lowest BCUT2D eigenvalue weighted by Gasteiger charge is -2.11. The third-order valence-corrected chi connectivity index (χ3v) is 5.35. The number of anilines is 1. The summed E-state index contributed by atoms with van der Waals surface area (Å²) in [6.07, 6.45) is 2.01. The van der Waals surface area contributed by atoms with E-state index in [0.29, 0.717) is 17.1 Å². The van der Waals surface area contributed by atoms with Crippen LogP contribution in [0.5, 0.6) is 0 Å². The molecule has 1 aliphatic rings. The van der Waals surface area contributed by atoms with Crippen molar-refractivity contribution in [1.82, 2.24) is 4.98 Å². The molecular formula is C24H20BrN3O3. The number of hydrogen-bond donors (Lipinski definition) is 1. The average molecular weight is 478 g/mol. The summed E-state index contributed by atoms with van der Waals surface area (Å²) in [4.78, 5) is 34.2. The van der Waals surface area contributed by atoms with Crippen molar-refractivity contribution in [3.8, 4) is 0 Å². The van der Waals surface area contributed by atoms with Crippen LogP contribution in [0.2, 0.25) is 0 Å². The quantitative estimate of drug-likeness (QED) is 0.529. The molecule has 0 spiro atoms. The Morgan fingerprint density at radius 1 is 1.06 bits per heavy atom. The molecule has 1 aromatic heterocycles. The first kappa shape index (κ1) is 20.9. The van der Waals surface area contributed by atoms with E-state index >= 15 is 0 Å². The first-order valence-electron chi connectivity index (χ1n) is 9.90. The first-order valence-corrected chi connectivity index (χ1v) is 10.7. The number of nitrogens with zero attached hydrogens (tertiary/aromatic N) is 2. The summed E-state index contributed by atoms with van der Waals surface area (Å²) < 4.78 is 6.20. The fourth-order valence-electron chi connectivity index (χ4n) is 3.29. The van der Waals surface area contributed by atoms with Gasteiger partial charge in [-0.25, -0.2) is 0 Å². The minimum absolute atomic E-state index is 0.0873. The van der Waals surface area contributed by atoms with Crippen molar-refractivity contribution in [2.24, 2.45) is 4.99 Å². The summed E-state index contributed by atoms with van der Waals surface area (Å²) >= 11 is 3.48. The molecule has 2 heterocycles. The molecule has 1 aliphatic heterocycles. The maximum atomic E-state index is 12.8. The Kier molecular flexibility index (Phi) is 6.52. The lowest BCUT2D eigenvalue weighted by molar-refractivity contribution is -0.145. The van der Waals surface area contributed by atoms with E-state index in [1.165, 1.54) is 0 Å². The molecule has 2 aromatic carbocycles. The maximum absolute atomic E-state index is 12.8. The SMILES string of the molecule is O=C(CC[C@@H]1N=C(c2ccccn2)c2cc(Br)ccc2NC1=O)OCc1ccccc1. The van der Waals surface area contributed by atoms with Crippen LogP contribution >= 0.6 is 15.9 Å². The second-order valence-electron chi connectivity index (χ2n) is 7.07. The van der Waals surface area contributed by atoms with Gasteiger partial charge in [0.2, 0.25) is 5.91 Å². The smallest absolute Gasteiger partial charge is 0.306 e. The van der Waals surface area contributed by atoms with Gasteiger partial charge in [-0.1, -0.05) is 52.3 Å². The third-order valence-electron chi connectivity index (χ3n) is 4.85. The van der Waals surface area contributed by atoms with Gasteiger partial charge in [0.15, 0.2) is 0 Å². The van der Waals surface area contributed by atoms with E-state index in [1.54, 1.807) is 6.20 Å². The van der Waals surface area contributed by atoms with Crippen molar-refractivity contribution in [2.45, 2.75) is 25.5 Å². The summed E-state index contributed by atoms with van der Waals surface area (Å²) in [5.74, 6) is -0.624. The highest BCUT2D eigenvalue weighted by Crippen LogP contribution is 2.27. The number of ether oxygens (including phenoxy) is 1. The number of halogens is 1. The molecule has 7 heteroatoms. The molecule has 1 amide bonds. The summed E-state index contributed by atoms with van der Waals surface area (Å²) in [5.41, 5.74) is 3.62. The molecular weight excluding hydrogens is 458 g/mol. The Morgan fingerprint density at radius 3 is 2.65 bits per heavy atom. The highest BCUT2D eigenvalue weighted by Gasteiger charge is 2.27. The number of amides is 1. The van der Waals surface area contributed by atoms with Crippen molar-refractivity contribution >= 4 is 39.2 Å². The minimum atomic E-state index is -0.729. The molecule has 0 saturated heterocycles. The van der Waals surface area contributed by atoms with Crippen molar-refractivity contribution < 1.29 is 14.3 Å². The summed E-state index contributed by atoms with van der Waals surface area (Å²) in [6, 6.07) is 19.9. The molecule has 3 aromatic rings. The van der Waals surface area contributed by atoms with Gasteiger partial charge < -0.3 is 10.1 Å². The minimum Gasteiger partial charge on any atom is -0.461 e. The Labute approximate surface area is 188 Å². The predicted octanol–water partition coefficient (Wildman–Crippen LogP) is 4.53. The number of benzene rings is 2. The van der Waals surface area contributed by atoms with E-state index in [0.717, 1.165) is 15.6 Å². The zero-order chi connectivity index (χ0) is 21.6. The highest BCUT2D eigenvalue weighted by molar-refractivity contribution is 9.10. The van der Waals surface area contributed by atoms with Crippen LogP contribution in [-0.4, -0.2) is 28.6 Å². The Hall–Kier alpha value is -3.32. The maximum Gasteiger partial charge on any atom is 0.306 e. The monoisotopic (exact) mass is 477 g/mol. The van der Waals surface area contributed by atoms with Gasteiger partial charge in [-0.2, -0.15) is 0 Å². The molecule has 1 atom stereocenters. The molecule has 4 rings (SSSR count). The molecule has 0 aliphatic carbocycles. The summed E-state index contributed by atoms with van der Waals surface area (Å²) in [7, 11) is 0. The second kappa shape index (κ2) is 9.66. The topological polar surface area (TPSA) is 80.7 Å². The number of aliphatic imine (C=N–C) groups is 1. The number of aromatic nitrogens is 1. The summed E-state index contributed by atoms with van der Waals surface area (Å²) in [6.45, 7) is 0.207. The van der Waals surface area contributed by atoms with E-state index in [9.17, 15) is 9.59 Å². The van der Waals surface area contributed by atoms with Crippen molar-refractivity contribution in [3.05, 3.63) is 94.2 Å². The van der Waals surface area contributed by atoms with E-state index in [-0.39, 0.29) is 31.3 Å². The van der Waals surface area contributed by atoms with Gasteiger partial charge in [-0.15, -0.1) is 0 Å². The van der Waals surface area contributed by atoms with E-state index in [4.69, 9.17) is 9.73 Å². The first-order chi connectivity index (χ1) is 15.1. The number of nitrogens with one attached hydrogen (secondary N) is 1. The van der Waals surface area contributed by atoms with Gasteiger partial charge in [0.1, 0.15) is 12.6 Å². The molecule has 0 bridgehead atoms. The van der Waals surface area contributed by atoms with Crippen molar-refractivity contribution in [1.29, 1.82) is 0 Å². The Balaban J connectivity index is 1.53. The summed E-state index contributed by atoms with van der Waals surface area (Å²) in [5, 5.41) is 2.93. The molecule has 0 radical (unpaired) electrons. The van der Waals surface area contributed by atoms with Gasteiger partial charge >= 0.3 is 5.97 Å². The lowest BCUT2D eigenvalue weighted by Crippen LogP contribution is -2.26. The van der Waals surface area contributed by atoms with Gasteiger partial charge in [-0.05, 0) is 42.3 Å². The zero-order valence-electron chi connectivity index (χ0n) is 16.6. The molecule has 156 valence electrons. The second-order valence-corrected chi connectivity index (χ2v) is 7.99. The van der Waals surface area contributed by atoms with Crippen LogP contribution in [0.1, 0.15) is 29.7 Å². The molecule has 0 saturated carbocycles. The van der Waals surface area contributed by atoms with Gasteiger partial charge in [-0.3, -0.25) is 19.6 Å². The van der Waals surface area contributed by atoms with Gasteiger partial charge in [0, 0.05) is 22.7 Å². The molecule has 6 nitrogen and oxygen atoms in total. The standard InChI is InChI=1S/C24H20BrN3O3/c25-17-9-10-19-18(14-17)23(20-8-4-5-13-26-20)27-21(24(30)28-19)11-12-22(29)31-15-16-6-2-1-3-7-16/h1-10,13-14,21H,11-12,15H2,(H,28,30)/t21-/m0/s1. The highest BCUT2D eigenvalue weighted by atomic mass is 79.9. The van der Waals surface area contributed by atoms with Crippen LogP contribution in [0.25, 0.3) is 0 Å². The molecule has 1 N–H and O–H groups in total. The fraction of sp³-hybridized carbons (Fsp3) is 0.167. The van der Waals surface area contributed by atoms with E-state index < -0.39 is 6.04 Å². The lowest BCUT2D eigenvalue weighted by atomic mass is 10.0. The van der Waals surface area contributed by atoms with E-state index in [2.05, 4.69) is 26.2 Å². The number of hydrogen-bond acceptors (Lipinski definition) is 5. The van der Waals surface area contributed by atoms with Gasteiger partial charge in [0.05, 0.1) is 17.1 Å². The predicted molar refractivity (Wildman–Crippen MR) is 122 cm³/mol. The number of pyridine rings is 1. The van der Waals surface area contributed by atoms with Crippen LogP contribution in [0, 0.1) is 0 Å². The zero-order valence-corrected chi connectivity index (χ0v) is 18.2. The van der Waals surface area contributed by atoms with Crippen LogP contribution in [0.4, 0.5) is 5.69 Å². The van der Waals surface area contributed by atoms with Crippen molar-refractivity contribution in [3.63, 3.8) is 0 Å². The van der Waals surface area contributed by atoms with Crippen molar-refractivity contribution in [2.75, 3.05) is 5.32 Å². The Bertz CT molecular complexity index is 1120. The number of fused-ring (bicyclic) bond motifs is 1. The molecule has 31 heavy (non-hydrogen) atoms. The fourth-order valence-corrected chi connectivity index (χ4v) is 3.65. The van der Waals surface area contributed by atoms with Gasteiger partial charge in [0.25, 0.3) is 0 Å². The van der Waals surface area contributed by atoms with Crippen LogP contribution < -0.4 is 5.32 Å². The number of esters is 1. The number of carbonyl (C=O) groups excluding carboxylic acids is 2.